The van der Waals surface area contributed by atoms with E-state index in [-0.39, 0.29) is 6.61 Å². The van der Waals surface area contributed by atoms with Gasteiger partial charge in [0.15, 0.2) is 0 Å². The zero-order chi connectivity index (χ0) is 12.6. The van der Waals surface area contributed by atoms with E-state index >= 15 is 0 Å². The van der Waals surface area contributed by atoms with Crippen molar-refractivity contribution in [2.75, 3.05) is 6.61 Å². The molecular weight excluding hydrogens is 196 g/mol. The average Bonchev–Trinajstić information content (AvgIpc) is 2.17. The fraction of sp³-hybridized carbons (Fsp3) is 0.600. The Morgan fingerprint density at radius 2 is 1.75 bits per heavy atom. The molecule has 0 saturated heterocycles. The second-order valence-electron chi connectivity index (χ2n) is 4.89. The zero-order valence-electron chi connectivity index (χ0n) is 11.4. The quantitative estimate of drug-likeness (QED) is 0.526. The minimum Gasteiger partial charge on any atom is -0.392 e. The molecule has 0 unspecified atom stereocenters. The highest BCUT2D eigenvalue weighted by Crippen LogP contribution is 2.11. The van der Waals surface area contributed by atoms with Gasteiger partial charge in [-0.15, -0.1) is 0 Å². The van der Waals surface area contributed by atoms with E-state index in [2.05, 4.69) is 52.8 Å². The van der Waals surface area contributed by atoms with Crippen LogP contribution in [0.4, 0.5) is 0 Å². The van der Waals surface area contributed by atoms with Crippen molar-refractivity contribution < 1.29 is 5.11 Å². The highest BCUT2D eigenvalue weighted by molar-refractivity contribution is 5.18. The summed E-state index contributed by atoms with van der Waals surface area (Å²) in [5.74, 6) is 0.423. The summed E-state index contributed by atoms with van der Waals surface area (Å²) in [6, 6.07) is 0. The van der Waals surface area contributed by atoms with E-state index in [1.54, 1.807) is 0 Å². The smallest absolute Gasteiger partial charge is 0.0647 e. The molecule has 0 amide bonds. The summed E-state index contributed by atoms with van der Waals surface area (Å²) < 4.78 is 0. The first-order valence-corrected chi connectivity index (χ1v) is 6.07. The molecule has 0 aromatic carbocycles. The monoisotopic (exact) mass is 222 g/mol. The van der Waals surface area contributed by atoms with Crippen molar-refractivity contribution in [1.82, 2.24) is 0 Å². The number of hydrogen-bond donors (Lipinski definition) is 1. The van der Waals surface area contributed by atoms with Gasteiger partial charge in [-0.1, -0.05) is 43.2 Å². The van der Waals surface area contributed by atoms with Crippen molar-refractivity contribution in [1.29, 1.82) is 0 Å². The Morgan fingerprint density at radius 3 is 2.19 bits per heavy atom. The molecule has 0 saturated carbocycles. The maximum absolute atomic E-state index is 9.15. The van der Waals surface area contributed by atoms with Crippen molar-refractivity contribution in [2.24, 2.45) is 5.92 Å². The van der Waals surface area contributed by atoms with E-state index in [0.717, 1.165) is 18.4 Å². The Hall–Kier alpha value is -0.820. The summed E-state index contributed by atoms with van der Waals surface area (Å²) >= 11 is 0. The first kappa shape index (κ1) is 15.2. The van der Waals surface area contributed by atoms with Crippen LogP contribution in [-0.2, 0) is 0 Å². The van der Waals surface area contributed by atoms with Crippen LogP contribution in [0.1, 0.15) is 47.5 Å². The molecule has 0 atom stereocenters. The van der Waals surface area contributed by atoms with Crippen LogP contribution in [0, 0.1) is 5.92 Å². The Kier molecular flexibility index (Phi) is 7.92. The lowest BCUT2D eigenvalue weighted by molar-refractivity contribution is 0.318. The summed E-state index contributed by atoms with van der Waals surface area (Å²) in [7, 11) is 0. The summed E-state index contributed by atoms with van der Waals surface area (Å²) in [4.78, 5) is 0. The van der Waals surface area contributed by atoms with Gasteiger partial charge >= 0.3 is 0 Å². The lowest BCUT2D eigenvalue weighted by Crippen LogP contribution is -1.98. The summed E-state index contributed by atoms with van der Waals surface area (Å²) in [6.45, 7) is 10.8. The van der Waals surface area contributed by atoms with Gasteiger partial charge in [0.05, 0.1) is 6.61 Å². The number of rotatable bonds is 6. The van der Waals surface area contributed by atoms with E-state index in [4.69, 9.17) is 5.11 Å². The maximum Gasteiger partial charge on any atom is 0.0647 e. The second kappa shape index (κ2) is 8.35. The molecule has 0 aromatic rings. The number of hydrogen-bond acceptors (Lipinski definition) is 1. The van der Waals surface area contributed by atoms with Gasteiger partial charge in [0.2, 0.25) is 0 Å². The SMILES string of the molecule is CC(C)=CCC/C(C)=C/C=C(/CO)C(C)C. The van der Waals surface area contributed by atoms with E-state index in [1.165, 1.54) is 11.1 Å². The van der Waals surface area contributed by atoms with Crippen LogP contribution in [0.3, 0.4) is 0 Å². The Morgan fingerprint density at radius 1 is 1.12 bits per heavy atom. The van der Waals surface area contributed by atoms with Gasteiger partial charge in [0, 0.05) is 0 Å². The van der Waals surface area contributed by atoms with Crippen molar-refractivity contribution >= 4 is 0 Å². The van der Waals surface area contributed by atoms with Crippen LogP contribution >= 0.6 is 0 Å². The lowest BCUT2D eigenvalue weighted by Gasteiger charge is -2.06. The van der Waals surface area contributed by atoms with Crippen LogP contribution in [0.5, 0.6) is 0 Å². The number of allylic oxidation sites excluding steroid dienone is 5. The zero-order valence-corrected chi connectivity index (χ0v) is 11.4. The second-order valence-corrected chi connectivity index (χ2v) is 4.89. The van der Waals surface area contributed by atoms with Crippen molar-refractivity contribution in [2.45, 2.75) is 47.5 Å². The third-order valence-electron chi connectivity index (χ3n) is 2.60. The molecule has 0 heterocycles. The van der Waals surface area contributed by atoms with Gasteiger partial charge in [-0.05, 0) is 45.1 Å². The first-order valence-electron chi connectivity index (χ1n) is 6.07. The number of aliphatic hydroxyl groups excluding tert-OH is 1. The molecule has 0 aliphatic carbocycles. The van der Waals surface area contributed by atoms with Crippen molar-refractivity contribution in [3.63, 3.8) is 0 Å². The van der Waals surface area contributed by atoms with E-state index in [0.29, 0.717) is 5.92 Å². The predicted molar refractivity (Wildman–Crippen MR) is 72.4 cm³/mol. The van der Waals surface area contributed by atoms with Gasteiger partial charge in [-0.3, -0.25) is 0 Å². The Bertz CT molecular complexity index is 276. The highest BCUT2D eigenvalue weighted by atomic mass is 16.3. The molecule has 1 N–H and O–H groups in total. The van der Waals surface area contributed by atoms with E-state index in [1.807, 2.05) is 0 Å². The fourth-order valence-electron chi connectivity index (χ4n) is 1.35. The third kappa shape index (κ3) is 7.47. The third-order valence-corrected chi connectivity index (χ3v) is 2.60. The van der Waals surface area contributed by atoms with Crippen LogP contribution in [0.25, 0.3) is 0 Å². The summed E-state index contributed by atoms with van der Waals surface area (Å²) in [5, 5.41) is 9.15. The van der Waals surface area contributed by atoms with Gasteiger partial charge in [0.1, 0.15) is 0 Å². The van der Waals surface area contributed by atoms with Gasteiger partial charge in [-0.2, -0.15) is 0 Å². The predicted octanol–water partition coefficient (Wildman–Crippen LogP) is 4.25. The van der Waals surface area contributed by atoms with Gasteiger partial charge in [0.25, 0.3) is 0 Å². The normalized spacial score (nSPS) is 13.2. The van der Waals surface area contributed by atoms with Crippen LogP contribution in [0.2, 0.25) is 0 Å². The molecular formula is C15H26O. The minimum atomic E-state index is 0.162. The molecule has 92 valence electrons. The molecule has 0 bridgehead atoms. The average molecular weight is 222 g/mol. The van der Waals surface area contributed by atoms with Crippen LogP contribution in [0.15, 0.2) is 34.9 Å². The summed E-state index contributed by atoms with van der Waals surface area (Å²) in [5.41, 5.74) is 3.84. The highest BCUT2D eigenvalue weighted by Gasteiger charge is 1.99. The van der Waals surface area contributed by atoms with Gasteiger partial charge < -0.3 is 5.11 Å². The largest absolute Gasteiger partial charge is 0.392 e. The number of aliphatic hydroxyl groups is 1. The molecule has 0 aliphatic rings. The molecule has 0 rings (SSSR count). The molecule has 0 aliphatic heterocycles. The molecule has 0 fully saturated rings. The topological polar surface area (TPSA) is 20.2 Å². The van der Waals surface area contributed by atoms with Gasteiger partial charge in [-0.25, -0.2) is 0 Å². The van der Waals surface area contributed by atoms with Crippen LogP contribution in [-0.4, -0.2) is 11.7 Å². The van der Waals surface area contributed by atoms with Crippen molar-refractivity contribution in [3.05, 3.63) is 34.9 Å². The maximum atomic E-state index is 9.15. The lowest BCUT2D eigenvalue weighted by atomic mass is 10.0. The molecule has 0 spiro atoms. The Labute approximate surface area is 101 Å². The van der Waals surface area contributed by atoms with E-state index < -0.39 is 0 Å². The first-order chi connectivity index (χ1) is 7.47. The van der Waals surface area contributed by atoms with Crippen molar-refractivity contribution in [3.8, 4) is 0 Å². The van der Waals surface area contributed by atoms with Crippen LogP contribution < -0.4 is 0 Å². The molecule has 1 heteroatoms. The molecule has 0 radical (unpaired) electrons. The minimum absolute atomic E-state index is 0.162. The Balaban J connectivity index is 4.26. The van der Waals surface area contributed by atoms with E-state index in [9.17, 15) is 0 Å². The molecule has 0 aromatic heterocycles. The molecule has 16 heavy (non-hydrogen) atoms. The standard InChI is InChI=1S/C15H26O/c1-12(2)7-6-8-14(5)9-10-15(11-16)13(3)4/h7,9-10,13,16H,6,8,11H2,1-5H3/b14-9+,15-10-. The molecule has 1 nitrogen and oxygen atoms in total. The fourth-order valence-corrected chi connectivity index (χ4v) is 1.35. The summed E-state index contributed by atoms with van der Waals surface area (Å²) in [6.07, 6.45) is 8.65.